The lowest BCUT2D eigenvalue weighted by molar-refractivity contribution is -0.118. The number of nitrogens with zero attached hydrogens (tertiary/aromatic N) is 3. The van der Waals surface area contributed by atoms with Crippen molar-refractivity contribution in [3.8, 4) is 17.1 Å². The monoisotopic (exact) mass is 400 g/mol. The highest BCUT2D eigenvalue weighted by Gasteiger charge is 2.41. The minimum Gasteiger partial charge on any atom is -0.497 e. The topological polar surface area (TPSA) is 69.0 Å². The van der Waals surface area contributed by atoms with Gasteiger partial charge in [-0.15, -0.1) is 5.10 Å². The Bertz CT molecular complexity index is 1160. The lowest BCUT2D eigenvalue weighted by Gasteiger charge is -2.38. The van der Waals surface area contributed by atoms with Crippen molar-refractivity contribution in [3.63, 3.8) is 0 Å². The van der Waals surface area contributed by atoms with Gasteiger partial charge < -0.3 is 10.1 Å². The van der Waals surface area contributed by atoms with Crippen LogP contribution in [0.5, 0.6) is 5.75 Å². The molecule has 0 fully saturated rings. The largest absolute Gasteiger partial charge is 0.497 e. The molecule has 0 saturated carbocycles. The number of hydrogen-bond donors (Lipinski definition) is 1. The van der Waals surface area contributed by atoms with E-state index in [2.05, 4.69) is 19.2 Å². The molecular formula is C24H24N4O2. The van der Waals surface area contributed by atoms with Crippen LogP contribution in [0.25, 0.3) is 11.4 Å². The van der Waals surface area contributed by atoms with Crippen LogP contribution >= 0.6 is 0 Å². The fraction of sp³-hybridized carbons (Fsp3) is 0.292. The number of anilines is 1. The van der Waals surface area contributed by atoms with Crippen molar-refractivity contribution in [2.45, 2.75) is 32.7 Å². The summed E-state index contributed by atoms with van der Waals surface area (Å²) in [5, 5.41) is 8.24. The first kappa shape index (κ1) is 18.6. The third kappa shape index (κ3) is 3.09. The highest BCUT2D eigenvalue weighted by molar-refractivity contribution is 6.00. The summed E-state index contributed by atoms with van der Waals surface area (Å²) in [5.41, 5.74) is 3.58. The van der Waals surface area contributed by atoms with Gasteiger partial charge in [-0.2, -0.15) is 4.98 Å². The first-order valence-electron chi connectivity index (χ1n) is 10.1. The predicted octanol–water partition coefficient (Wildman–Crippen LogP) is 4.61. The van der Waals surface area contributed by atoms with E-state index >= 15 is 0 Å². The van der Waals surface area contributed by atoms with E-state index in [0.29, 0.717) is 18.2 Å². The number of hydrogen-bond acceptors (Lipinski definition) is 5. The molecule has 2 aromatic carbocycles. The van der Waals surface area contributed by atoms with Crippen LogP contribution in [0.3, 0.4) is 0 Å². The molecule has 1 aliphatic carbocycles. The Morgan fingerprint density at radius 1 is 1.10 bits per heavy atom. The van der Waals surface area contributed by atoms with Crippen molar-refractivity contribution >= 4 is 11.7 Å². The zero-order valence-electron chi connectivity index (χ0n) is 17.3. The Balaban J connectivity index is 1.66. The lowest BCUT2D eigenvalue weighted by Crippen LogP contribution is -2.36. The van der Waals surface area contributed by atoms with Gasteiger partial charge in [0.15, 0.2) is 11.6 Å². The lowest BCUT2D eigenvalue weighted by atomic mass is 9.73. The maximum Gasteiger partial charge on any atom is 0.226 e. The molecule has 1 aliphatic heterocycles. The zero-order valence-corrected chi connectivity index (χ0v) is 17.3. The summed E-state index contributed by atoms with van der Waals surface area (Å²) >= 11 is 0. The molecule has 0 saturated heterocycles. The second-order valence-corrected chi connectivity index (χ2v) is 8.71. The quantitative estimate of drug-likeness (QED) is 0.695. The molecule has 3 aromatic rings. The summed E-state index contributed by atoms with van der Waals surface area (Å²) in [6.07, 6.45) is 1.34. The van der Waals surface area contributed by atoms with Gasteiger partial charge in [0.2, 0.25) is 5.95 Å². The van der Waals surface area contributed by atoms with Crippen molar-refractivity contribution in [2.75, 3.05) is 12.4 Å². The maximum absolute atomic E-state index is 13.2. The summed E-state index contributed by atoms with van der Waals surface area (Å²) in [7, 11) is 1.64. The Morgan fingerprint density at radius 2 is 1.90 bits per heavy atom. The predicted molar refractivity (Wildman–Crippen MR) is 115 cm³/mol. The molecule has 0 radical (unpaired) electrons. The average Bonchev–Trinajstić information content (AvgIpc) is 3.15. The number of allylic oxidation sites excluding steroid dienone is 2. The van der Waals surface area contributed by atoms with Gasteiger partial charge in [-0.25, -0.2) is 4.68 Å². The molecular weight excluding hydrogens is 376 g/mol. The molecule has 5 rings (SSSR count). The van der Waals surface area contributed by atoms with Crippen LogP contribution in [0, 0.1) is 5.41 Å². The van der Waals surface area contributed by atoms with Gasteiger partial charge in [0, 0.05) is 23.3 Å². The highest BCUT2D eigenvalue weighted by atomic mass is 16.5. The number of aromatic nitrogens is 3. The van der Waals surface area contributed by atoms with E-state index in [0.717, 1.165) is 34.6 Å². The summed E-state index contributed by atoms with van der Waals surface area (Å²) in [4.78, 5) is 18.0. The third-order valence-corrected chi connectivity index (χ3v) is 5.78. The molecule has 152 valence electrons. The molecule has 2 heterocycles. The summed E-state index contributed by atoms with van der Waals surface area (Å²) in [5.74, 6) is 2.18. The van der Waals surface area contributed by atoms with Crippen LogP contribution in [0.1, 0.15) is 38.3 Å². The van der Waals surface area contributed by atoms with E-state index in [9.17, 15) is 4.79 Å². The standard InChI is InChI=1S/C24H24N4O2/c1-24(2)13-18-20(19(29)14-24)21(15-8-5-4-6-9-15)28-23(25-18)26-22(27-28)16-10-7-11-17(12-16)30-3/h4-12,21H,13-14H2,1-3H3,(H,25,26,27). The SMILES string of the molecule is COc1cccc(-c2nc3n(n2)C(c2ccccc2)C2=C(CC(C)(C)CC2=O)N3)c1. The number of methoxy groups -OCH3 is 1. The van der Waals surface area contributed by atoms with E-state index in [4.69, 9.17) is 14.8 Å². The molecule has 6 heteroatoms. The van der Waals surface area contributed by atoms with Crippen LogP contribution in [0.15, 0.2) is 65.9 Å². The number of Topliss-reactive ketones (excluding diaryl/α,β-unsaturated/α-hetero) is 1. The first-order chi connectivity index (χ1) is 14.4. The summed E-state index contributed by atoms with van der Waals surface area (Å²) in [6.45, 7) is 4.27. The van der Waals surface area contributed by atoms with Crippen LogP contribution < -0.4 is 10.1 Å². The summed E-state index contributed by atoms with van der Waals surface area (Å²) in [6, 6.07) is 17.5. The Hall–Kier alpha value is -3.41. The van der Waals surface area contributed by atoms with Gasteiger partial charge in [-0.1, -0.05) is 56.3 Å². The van der Waals surface area contributed by atoms with Gasteiger partial charge in [0.05, 0.1) is 7.11 Å². The third-order valence-electron chi connectivity index (χ3n) is 5.78. The Morgan fingerprint density at radius 3 is 2.67 bits per heavy atom. The molecule has 6 nitrogen and oxygen atoms in total. The molecule has 1 atom stereocenters. The molecule has 1 aromatic heterocycles. The smallest absolute Gasteiger partial charge is 0.226 e. The van der Waals surface area contributed by atoms with E-state index in [-0.39, 0.29) is 17.2 Å². The van der Waals surface area contributed by atoms with Crippen molar-refractivity contribution < 1.29 is 9.53 Å². The van der Waals surface area contributed by atoms with Gasteiger partial charge >= 0.3 is 0 Å². The number of ketones is 1. The van der Waals surface area contributed by atoms with Crippen LogP contribution in [0.4, 0.5) is 5.95 Å². The second-order valence-electron chi connectivity index (χ2n) is 8.71. The fourth-order valence-corrected chi connectivity index (χ4v) is 4.44. The fourth-order valence-electron chi connectivity index (χ4n) is 4.44. The van der Waals surface area contributed by atoms with Crippen LogP contribution in [-0.4, -0.2) is 27.7 Å². The summed E-state index contributed by atoms with van der Waals surface area (Å²) < 4.78 is 7.20. The van der Waals surface area contributed by atoms with Gasteiger partial charge in [0.1, 0.15) is 11.8 Å². The van der Waals surface area contributed by atoms with Gasteiger partial charge in [-0.05, 0) is 29.5 Å². The van der Waals surface area contributed by atoms with E-state index in [1.807, 2.05) is 59.3 Å². The molecule has 0 amide bonds. The first-order valence-corrected chi connectivity index (χ1v) is 10.1. The second kappa shape index (κ2) is 6.83. The molecule has 0 spiro atoms. The number of carbonyl (C=O) groups is 1. The Labute approximate surface area is 175 Å². The number of nitrogens with one attached hydrogen (secondary N) is 1. The van der Waals surface area contributed by atoms with Crippen LogP contribution in [0.2, 0.25) is 0 Å². The van der Waals surface area contributed by atoms with E-state index in [1.165, 1.54) is 0 Å². The Kier molecular flexibility index (Phi) is 4.24. The molecule has 1 N–H and O–H groups in total. The van der Waals surface area contributed by atoms with Crippen LogP contribution in [-0.2, 0) is 4.79 Å². The highest BCUT2D eigenvalue weighted by Crippen LogP contribution is 2.45. The average molecular weight is 400 g/mol. The van der Waals surface area contributed by atoms with Gasteiger partial charge in [0.25, 0.3) is 0 Å². The molecule has 30 heavy (non-hydrogen) atoms. The normalized spacial score (nSPS) is 19.7. The number of benzene rings is 2. The van der Waals surface area contributed by atoms with Crippen molar-refractivity contribution in [1.82, 2.24) is 14.8 Å². The van der Waals surface area contributed by atoms with E-state index in [1.54, 1.807) is 7.11 Å². The number of carbonyl (C=O) groups excluding carboxylic acids is 1. The molecule has 0 bridgehead atoms. The maximum atomic E-state index is 13.2. The molecule has 1 unspecified atom stereocenters. The van der Waals surface area contributed by atoms with Crippen molar-refractivity contribution in [2.24, 2.45) is 5.41 Å². The number of rotatable bonds is 3. The number of ether oxygens (including phenoxy) is 1. The van der Waals surface area contributed by atoms with Crippen molar-refractivity contribution in [3.05, 3.63) is 71.4 Å². The molecule has 2 aliphatic rings. The minimum atomic E-state index is -0.284. The van der Waals surface area contributed by atoms with E-state index < -0.39 is 0 Å². The van der Waals surface area contributed by atoms with Gasteiger partial charge in [-0.3, -0.25) is 4.79 Å². The zero-order chi connectivity index (χ0) is 20.9. The minimum absolute atomic E-state index is 0.0814. The van der Waals surface area contributed by atoms with Crippen molar-refractivity contribution in [1.29, 1.82) is 0 Å². The number of fused-ring (bicyclic) bond motifs is 1.